The first-order chi connectivity index (χ1) is 8.61. The van der Waals surface area contributed by atoms with E-state index >= 15 is 0 Å². The van der Waals surface area contributed by atoms with Crippen molar-refractivity contribution < 1.29 is 14.6 Å². The molecule has 0 saturated carbocycles. The van der Waals surface area contributed by atoms with Crippen molar-refractivity contribution in [1.82, 2.24) is 4.98 Å². The summed E-state index contributed by atoms with van der Waals surface area (Å²) < 4.78 is 5.63. The first-order valence-electron chi connectivity index (χ1n) is 6.54. The van der Waals surface area contributed by atoms with Gasteiger partial charge in [0.15, 0.2) is 0 Å². The molecule has 4 nitrogen and oxygen atoms in total. The van der Waals surface area contributed by atoms with E-state index in [9.17, 15) is 9.90 Å². The Morgan fingerprint density at radius 3 is 2.89 bits per heavy atom. The Hall–Kier alpha value is -1.58. The van der Waals surface area contributed by atoms with Gasteiger partial charge in [0.05, 0.1) is 6.10 Å². The fraction of sp³-hybridized carbons (Fsp3) is 0.571. The molecule has 0 spiro atoms. The smallest absolute Gasteiger partial charge is 0.341 e. The molecule has 1 aromatic rings. The number of carboxylic acids is 1. The molecule has 98 valence electrons. The van der Waals surface area contributed by atoms with E-state index in [1.165, 1.54) is 0 Å². The lowest BCUT2D eigenvalue weighted by molar-refractivity contribution is 0.0687. The van der Waals surface area contributed by atoms with Crippen LogP contribution in [0.3, 0.4) is 0 Å². The number of pyridine rings is 1. The number of hydrogen-bond donors (Lipinski definition) is 1. The number of ether oxygens (including phenoxy) is 1. The molecule has 0 aromatic carbocycles. The Morgan fingerprint density at radius 1 is 1.50 bits per heavy atom. The van der Waals surface area contributed by atoms with Gasteiger partial charge >= 0.3 is 5.97 Å². The highest BCUT2D eigenvalue weighted by Crippen LogP contribution is 2.26. The van der Waals surface area contributed by atoms with Gasteiger partial charge in [-0.25, -0.2) is 9.78 Å². The largest absolute Gasteiger partial charge is 0.477 e. The van der Waals surface area contributed by atoms with Crippen LogP contribution in [0.4, 0.5) is 0 Å². The Balaban J connectivity index is 2.39. The van der Waals surface area contributed by atoms with Crippen molar-refractivity contribution in [1.29, 1.82) is 0 Å². The zero-order valence-corrected chi connectivity index (χ0v) is 10.9. The van der Waals surface area contributed by atoms with Gasteiger partial charge in [0.2, 0.25) is 5.88 Å². The van der Waals surface area contributed by atoms with Crippen molar-refractivity contribution in [2.45, 2.75) is 52.1 Å². The number of fused-ring (bicyclic) bond motifs is 1. The van der Waals surface area contributed by atoms with Gasteiger partial charge in [-0.3, -0.25) is 0 Å². The van der Waals surface area contributed by atoms with Crippen LogP contribution in [0.25, 0.3) is 0 Å². The number of rotatable bonds is 4. The minimum atomic E-state index is -0.964. The van der Waals surface area contributed by atoms with Crippen LogP contribution >= 0.6 is 0 Å². The maximum absolute atomic E-state index is 11.3. The molecule has 2 rings (SSSR count). The van der Waals surface area contributed by atoms with Crippen LogP contribution in [-0.4, -0.2) is 22.2 Å². The summed E-state index contributed by atoms with van der Waals surface area (Å²) in [6, 6.07) is 1.74. The summed E-state index contributed by atoms with van der Waals surface area (Å²) in [5.74, 6) is -0.688. The van der Waals surface area contributed by atoms with Crippen molar-refractivity contribution in [3.63, 3.8) is 0 Å². The summed E-state index contributed by atoms with van der Waals surface area (Å²) in [5.41, 5.74) is 2.26. The van der Waals surface area contributed by atoms with E-state index in [-0.39, 0.29) is 17.5 Å². The van der Waals surface area contributed by atoms with Crippen LogP contribution in [0.15, 0.2) is 6.07 Å². The van der Waals surface area contributed by atoms with Crippen molar-refractivity contribution in [3.8, 4) is 5.88 Å². The monoisotopic (exact) mass is 249 g/mol. The highest BCUT2D eigenvalue weighted by molar-refractivity contribution is 5.90. The number of aromatic nitrogens is 1. The zero-order chi connectivity index (χ0) is 13.1. The second kappa shape index (κ2) is 5.38. The highest BCUT2D eigenvalue weighted by atomic mass is 16.5. The molecule has 1 atom stereocenters. The quantitative estimate of drug-likeness (QED) is 0.891. The van der Waals surface area contributed by atoms with E-state index in [4.69, 9.17) is 4.74 Å². The van der Waals surface area contributed by atoms with Crippen LogP contribution in [0.1, 0.15) is 54.7 Å². The zero-order valence-electron chi connectivity index (χ0n) is 10.9. The first-order valence-corrected chi connectivity index (χ1v) is 6.54. The minimum Gasteiger partial charge on any atom is -0.477 e. The van der Waals surface area contributed by atoms with Crippen molar-refractivity contribution in [2.75, 3.05) is 0 Å². The first kappa shape index (κ1) is 12.9. The van der Waals surface area contributed by atoms with Crippen LogP contribution < -0.4 is 4.74 Å². The SMILES string of the molecule is CCC(C)Oc1nc2c(cc1C(=O)O)CCCC2. The van der Waals surface area contributed by atoms with Gasteiger partial charge in [-0.15, -0.1) is 0 Å². The molecule has 0 amide bonds. The molecule has 1 unspecified atom stereocenters. The maximum Gasteiger partial charge on any atom is 0.341 e. The Morgan fingerprint density at radius 2 is 2.22 bits per heavy atom. The normalized spacial score (nSPS) is 15.9. The fourth-order valence-electron chi connectivity index (χ4n) is 2.13. The van der Waals surface area contributed by atoms with Gasteiger partial charge in [0, 0.05) is 5.69 Å². The van der Waals surface area contributed by atoms with Gasteiger partial charge in [0.1, 0.15) is 5.56 Å². The van der Waals surface area contributed by atoms with E-state index in [1.807, 2.05) is 13.8 Å². The molecule has 1 N–H and O–H groups in total. The standard InChI is InChI=1S/C14H19NO3/c1-3-9(2)18-13-11(14(16)17)8-10-6-4-5-7-12(10)15-13/h8-9H,3-7H2,1-2H3,(H,16,17). The van der Waals surface area contributed by atoms with Crippen molar-refractivity contribution >= 4 is 5.97 Å². The molecule has 1 heterocycles. The summed E-state index contributed by atoms with van der Waals surface area (Å²) in [6.07, 6.45) is 4.89. The molecule has 1 aliphatic carbocycles. The molecule has 0 saturated heterocycles. The number of carboxylic acid groups (broad SMARTS) is 1. The van der Waals surface area contributed by atoms with E-state index in [2.05, 4.69) is 4.98 Å². The maximum atomic E-state index is 11.3. The van der Waals surface area contributed by atoms with E-state index < -0.39 is 5.97 Å². The van der Waals surface area contributed by atoms with Crippen LogP contribution in [-0.2, 0) is 12.8 Å². The molecular formula is C14H19NO3. The number of aromatic carboxylic acids is 1. The third-order valence-electron chi connectivity index (χ3n) is 3.38. The average molecular weight is 249 g/mol. The average Bonchev–Trinajstić information content (AvgIpc) is 2.37. The Kier molecular flexibility index (Phi) is 3.84. The van der Waals surface area contributed by atoms with E-state index in [0.717, 1.165) is 43.4 Å². The molecule has 1 aliphatic rings. The molecule has 0 radical (unpaired) electrons. The van der Waals surface area contributed by atoms with Crippen molar-refractivity contribution in [3.05, 3.63) is 22.9 Å². The molecule has 0 bridgehead atoms. The fourth-order valence-corrected chi connectivity index (χ4v) is 2.13. The van der Waals surface area contributed by atoms with E-state index in [0.29, 0.717) is 0 Å². The number of carbonyl (C=O) groups is 1. The summed E-state index contributed by atoms with van der Waals surface area (Å²) in [7, 11) is 0. The predicted octanol–water partition coefficient (Wildman–Crippen LogP) is 2.84. The summed E-state index contributed by atoms with van der Waals surface area (Å²) in [4.78, 5) is 15.7. The molecule has 4 heteroatoms. The van der Waals surface area contributed by atoms with Gasteiger partial charge in [0.25, 0.3) is 0 Å². The Labute approximate surface area is 107 Å². The lowest BCUT2D eigenvalue weighted by Gasteiger charge is -2.19. The summed E-state index contributed by atoms with van der Waals surface area (Å²) in [5, 5.41) is 9.23. The second-order valence-corrected chi connectivity index (χ2v) is 4.80. The molecule has 1 aromatic heterocycles. The molecule has 0 aliphatic heterocycles. The Bertz CT molecular complexity index is 457. The highest BCUT2D eigenvalue weighted by Gasteiger charge is 2.20. The topological polar surface area (TPSA) is 59.4 Å². The predicted molar refractivity (Wildman–Crippen MR) is 68.2 cm³/mol. The van der Waals surface area contributed by atoms with Crippen LogP contribution in [0.5, 0.6) is 5.88 Å². The number of hydrogen-bond acceptors (Lipinski definition) is 3. The molecule has 0 fully saturated rings. The minimum absolute atomic E-state index is 0.0164. The van der Waals surface area contributed by atoms with Crippen molar-refractivity contribution in [2.24, 2.45) is 0 Å². The molecule has 18 heavy (non-hydrogen) atoms. The van der Waals surface area contributed by atoms with E-state index in [1.54, 1.807) is 6.07 Å². The van der Waals surface area contributed by atoms with Gasteiger partial charge in [-0.05, 0) is 50.7 Å². The summed E-state index contributed by atoms with van der Waals surface area (Å²) in [6.45, 7) is 3.93. The third kappa shape index (κ3) is 2.63. The number of aryl methyl sites for hydroxylation is 2. The summed E-state index contributed by atoms with van der Waals surface area (Å²) >= 11 is 0. The van der Waals surface area contributed by atoms with Gasteiger partial charge in [-0.1, -0.05) is 6.92 Å². The number of nitrogens with zero attached hydrogens (tertiary/aromatic N) is 1. The molecular weight excluding hydrogens is 230 g/mol. The van der Waals surface area contributed by atoms with Crippen LogP contribution in [0, 0.1) is 0 Å². The lowest BCUT2D eigenvalue weighted by Crippen LogP contribution is -2.17. The van der Waals surface area contributed by atoms with Crippen LogP contribution in [0.2, 0.25) is 0 Å². The second-order valence-electron chi connectivity index (χ2n) is 4.80. The van der Waals surface area contributed by atoms with Gasteiger partial charge in [-0.2, -0.15) is 0 Å². The van der Waals surface area contributed by atoms with Gasteiger partial charge < -0.3 is 9.84 Å². The lowest BCUT2D eigenvalue weighted by atomic mass is 9.95. The third-order valence-corrected chi connectivity index (χ3v) is 3.38.